The summed E-state index contributed by atoms with van der Waals surface area (Å²) < 4.78 is 1.60. The van der Waals surface area contributed by atoms with E-state index in [0.29, 0.717) is 56.4 Å². The number of imide groups is 1. The van der Waals surface area contributed by atoms with Crippen molar-refractivity contribution in [1.29, 1.82) is 0 Å². The molecule has 4 atom stereocenters. The number of rotatable bonds is 4. The van der Waals surface area contributed by atoms with Gasteiger partial charge in [-0.1, -0.05) is 97.7 Å². The molecule has 0 aliphatic carbocycles. The zero-order valence-electron chi connectivity index (χ0n) is 31.6. The number of aromatic nitrogens is 3. The van der Waals surface area contributed by atoms with Crippen LogP contribution in [0.3, 0.4) is 0 Å². The van der Waals surface area contributed by atoms with Gasteiger partial charge in [-0.15, -0.1) is 0 Å². The highest BCUT2D eigenvalue weighted by Crippen LogP contribution is 2.56. The molecule has 4 aliphatic heterocycles. The highest BCUT2D eigenvalue weighted by Gasteiger charge is 2.70. The van der Waals surface area contributed by atoms with Crippen LogP contribution < -0.4 is 15.8 Å². The van der Waals surface area contributed by atoms with Crippen molar-refractivity contribution in [2.24, 2.45) is 22.7 Å². The zero-order chi connectivity index (χ0) is 40.9. The quantitative estimate of drug-likeness (QED) is 0.151. The maximum absolute atomic E-state index is 14.5. The van der Waals surface area contributed by atoms with Crippen LogP contribution in [0.2, 0.25) is 10.0 Å². The van der Waals surface area contributed by atoms with E-state index in [-0.39, 0.29) is 45.8 Å². The van der Waals surface area contributed by atoms with Crippen LogP contribution in [-0.2, 0) is 15.1 Å². The van der Waals surface area contributed by atoms with Gasteiger partial charge in [0.1, 0.15) is 17.1 Å². The first-order valence-electron chi connectivity index (χ1n) is 19.2. The van der Waals surface area contributed by atoms with E-state index in [1.807, 2.05) is 72.8 Å². The molecule has 13 heteroatoms. The molecule has 0 radical (unpaired) electrons. The van der Waals surface area contributed by atoms with Gasteiger partial charge in [0.25, 0.3) is 5.56 Å². The molecule has 5 aromatic carbocycles. The normalized spacial score (nSPS) is 21.2. The van der Waals surface area contributed by atoms with Crippen molar-refractivity contribution in [3.63, 3.8) is 0 Å². The first-order chi connectivity index (χ1) is 28.5. The average Bonchev–Trinajstić information content (AvgIpc) is 3.99. The molecule has 2 amide bonds. The third-order valence-corrected chi connectivity index (χ3v) is 12.3. The molecule has 3 N–H and O–H groups in total. The van der Waals surface area contributed by atoms with E-state index in [1.54, 1.807) is 47.0 Å². The van der Waals surface area contributed by atoms with Crippen molar-refractivity contribution in [3.05, 3.63) is 158 Å². The van der Waals surface area contributed by atoms with Crippen molar-refractivity contribution in [2.45, 2.75) is 31.8 Å². The number of fused-ring (bicyclic) bond motifs is 10. The summed E-state index contributed by atoms with van der Waals surface area (Å²) in [5, 5.41) is 15.7. The van der Waals surface area contributed by atoms with E-state index in [4.69, 9.17) is 28.2 Å². The van der Waals surface area contributed by atoms with Crippen LogP contribution in [0.25, 0.3) is 27.5 Å². The summed E-state index contributed by atoms with van der Waals surface area (Å²) in [6.07, 6.45) is 0.652. The molecular weight excluding hydrogens is 787 g/mol. The van der Waals surface area contributed by atoms with Gasteiger partial charge in [-0.05, 0) is 66.9 Å². The highest BCUT2D eigenvalue weighted by molar-refractivity contribution is 6.56. The number of halogens is 2. The number of hydrogen-bond acceptors (Lipinski definition) is 8. The smallest absolute Gasteiger partial charge is 0.266 e. The number of amides is 2. The van der Waals surface area contributed by atoms with Crippen molar-refractivity contribution < 1.29 is 19.5 Å². The van der Waals surface area contributed by atoms with Crippen molar-refractivity contribution in [1.82, 2.24) is 19.9 Å². The zero-order valence-corrected chi connectivity index (χ0v) is 33.1. The molecule has 2 unspecified atom stereocenters. The fourth-order valence-corrected chi connectivity index (χ4v) is 9.79. The number of anilines is 1. The number of Topliss-reactive ketones (excluding diaryl/α,β-unsaturated/α-hetero) is 1. The number of nitrogens with zero attached hydrogens (tertiary/aromatic N) is 4. The van der Waals surface area contributed by atoms with Crippen LogP contribution in [0.5, 0.6) is 5.88 Å². The van der Waals surface area contributed by atoms with Gasteiger partial charge >= 0.3 is 0 Å². The summed E-state index contributed by atoms with van der Waals surface area (Å²) in [6, 6.07) is 33.8. The van der Waals surface area contributed by atoms with Crippen LogP contribution in [0.1, 0.15) is 47.6 Å². The standard InChI is InChI=1S/C30H24Cl2N4O3.C16H10N2O2/c1-15(2)13-21-24-25(28(39)35(27(24)38)23-14-16(31)11-12-19(23)32)30(34-21)18-8-4-6-10-22(18)36-26(37)17-7-3-5-9-20(17)33-29(30)36;19-15-10-6-2-4-8-12(10)17-14(15)13-9-5-1-3-7-11(9)18-16(13)20/h3-12,14-15,21,24-25,34H,13H2,1-2H3;1-8,18,20H/t21?,24-,25+,30?;/m0./s1. The number of aromatic amines is 1. The molecule has 2 saturated heterocycles. The minimum Gasteiger partial charge on any atom is -0.494 e. The van der Waals surface area contributed by atoms with Gasteiger partial charge in [-0.3, -0.25) is 29.1 Å². The molecule has 6 heterocycles. The Labute approximate surface area is 346 Å². The summed E-state index contributed by atoms with van der Waals surface area (Å²) in [5.74, 6) is -1.75. The monoisotopic (exact) mass is 820 g/mol. The Morgan fingerprint density at radius 2 is 1.53 bits per heavy atom. The molecule has 292 valence electrons. The predicted octanol–water partition coefficient (Wildman–Crippen LogP) is 8.26. The second-order valence-electron chi connectivity index (χ2n) is 15.6. The molecule has 11 nitrogen and oxygen atoms in total. The van der Waals surface area contributed by atoms with Gasteiger partial charge in [-0.2, -0.15) is 0 Å². The predicted molar refractivity (Wildman–Crippen MR) is 227 cm³/mol. The average molecular weight is 822 g/mol. The maximum Gasteiger partial charge on any atom is 0.266 e. The van der Waals surface area contributed by atoms with Gasteiger partial charge in [0.2, 0.25) is 17.6 Å². The lowest BCUT2D eigenvalue weighted by Crippen LogP contribution is -2.50. The lowest BCUT2D eigenvalue weighted by atomic mass is 9.75. The lowest BCUT2D eigenvalue weighted by molar-refractivity contribution is -0.123. The summed E-state index contributed by atoms with van der Waals surface area (Å²) in [6.45, 7) is 4.17. The van der Waals surface area contributed by atoms with Gasteiger partial charge in [0.05, 0.1) is 50.4 Å². The Morgan fingerprint density at radius 1 is 0.814 bits per heavy atom. The van der Waals surface area contributed by atoms with Gasteiger partial charge in [0, 0.05) is 33.1 Å². The van der Waals surface area contributed by atoms with Crippen molar-refractivity contribution in [2.75, 3.05) is 4.90 Å². The molecule has 4 aliphatic rings. The molecule has 59 heavy (non-hydrogen) atoms. The van der Waals surface area contributed by atoms with E-state index < -0.39 is 23.3 Å². The molecular formula is C46H34Cl2N6O5. The number of carbonyl (C=O) groups is 3. The van der Waals surface area contributed by atoms with Crippen LogP contribution in [0, 0.1) is 17.8 Å². The molecule has 7 aromatic rings. The molecule has 0 bridgehead atoms. The molecule has 11 rings (SSSR count). The number of H-pyrrole nitrogens is 1. The van der Waals surface area contributed by atoms with Crippen LogP contribution in [0.15, 0.2) is 125 Å². The molecule has 2 aromatic heterocycles. The molecule has 1 spiro atoms. The third kappa shape index (κ3) is 5.38. The first-order valence-corrected chi connectivity index (χ1v) is 20.0. The molecule has 2 fully saturated rings. The first kappa shape index (κ1) is 36.9. The number of aliphatic imine (C=N–C) groups is 1. The number of para-hydroxylation sites is 4. The number of nitrogens with one attached hydrogen (secondary N) is 2. The number of hydrogen-bond donors (Lipinski definition) is 3. The molecule has 0 saturated carbocycles. The van der Waals surface area contributed by atoms with Crippen LogP contribution >= 0.6 is 23.2 Å². The van der Waals surface area contributed by atoms with Gasteiger partial charge < -0.3 is 10.1 Å². The van der Waals surface area contributed by atoms with Gasteiger partial charge in [0.15, 0.2) is 5.88 Å². The highest BCUT2D eigenvalue weighted by atomic mass is 35.5. The Balaban J connectivity index is 0.000000176. The van der Waals surface area contributed by atoms with Crippen LogP contribution in [-0.4, -0.2) is 49.0 Å². The van der Waals surface area contributed by atoms with Crippen molar-refractivity contribution >= 4 is 79.7 Å². The fourth-order valence-electron chi connectivity index (χ4n) is 9.42. The lowest BCUT2D eigenvalue weighted by Gasteiger charge is -2.32. The third-order valence-electron chi connectivity index (χ3n) is 11.8. The number of carbonyl (C=O) groups excluding carboxylic acids is 3. The topological polar surface area (TPSA) is 150 Å². The number of ketones is 1. The van der Waals surface area contributed by atoms with Crippen molar-refractivity contribution in [3.8, 4) is 11.6 Å². The van der Waals surface area contributed by atoms with E-state index in [9.17, 15) is 24.3 Å². The summed E-state index contributed by atoms with van der Waals surface area (Å²) >= 11 is 12.8. The summed E-state index contributed by atoms with van der Waals surface area (Å²) in [4.78, 5) is 68.4. The largest absolute Gasteiger partial charge is 0.494 e. The van der Waals surface area contributed by atoms with Crippen LogP contribution in [0.4, 0.5) is 11.4 Å². The minimum atomic E-state index is -1.18. The Bertz CT molecular complexity index is 3060. The van der Waals surface area contributed by atoms with E-state index >= 15 is 0 Å². The second-order valence-corrected chi connectivity index (χ2v) is 16.5. The van der Waals surface area contributed by atoms with E-state index in [1.165, 1.54) is 4.90 Å². The Kier molecular flexibility index (Phi) is 8.50. The summed E-state index contributed by atoms with van der Waals surface area (Å²) in [7, 11) is 0. The SMILES string of the molecule is CC(C)CC1NC2(c3ccccc3-n3c2nc2ccccc2c3=O)[C@H]2C(=O)N(c3cc(Cl)ccc3Cl)C(=O)[C@@H]12.O=C1C(c2c(O)[nH]c3ccccc23)=Nc2ccccc21. The second kappa shape index (κ2) is 13.6. The fraction of sp³-hybridized carbons (Fsp3) is 0.174. The Morgan fingerprint density at radius 3 is 2.32 bits per heavy atom. The number of aromatic hydroxyl groups is 1. The Hall–Kier alpha value is -6.40. The van der Waals surface area contributed by atoms with E-state index in [0.717, 1.165) is 16.5 Å². The number of benzene rings is 5. The minimum absolute atomic E-state index is 0.0221. The van der Waals surface area contributed by atoms with E-state index in [2.05, 4.69) is 29.1 Å². The maximum atomic E-state index is 14.5. The van der Waals surface area contributed by atoms with Gasteiger partial charge in [-0.25, -0.2) is 14.9 Å². The summed E-state index contributed by atoms with van der Waals surface area (Å²) in [5.41, 5.74) is 3.60.